The zero-order chi connectivity index (χ0) is 15.0. The first-order valence-corrected chi connectivity index (χ1v) is 8.31. The van der Waals surface area contributed by atoms with E-state index in [4.69, 9.17) is 9.47 Å². The van der Waals surface area contributed by atoms with Crippen LogP contribution in [-0.2, 0) is 14.8 Å². The van der Waals surface area contributed by atoms with Gasteiger partial charge in [-0.1, -0.05) is 15.9 Å². The first-order chi connectivity index (χ1) is 9.49. The van der Waals surface area contributed by atoms with Crippen molar-refractivity contribution in [2.75, 3.05) is 40.5 Å². The second-order valence-corrected chi connectivity index (χ2v) is 6.65. The molecule has 0 aliphatic rings. The van der Waals surface area contributed by atoms with Crippen LogP contribution in [0.4, 0.5) is 0 Å². The van der Waals surface area contributed by atoms with Crippen LogP contribution < -0.4 is 14.8 Å². The van der Waals surface area contributed by atoms with Gasteiger partial charge >= 0.3 is 0 Å². The Bertz CT molecular complexity index is 528. The number of nitrogens with one attached hydrogen (secondary N) is 2. The van der Waals surface area contributed by atoms with Crippen molar-refractivity contribution in [1.29, 1.82) is 0 Å². The highest BCUT2D eigenvalue weighted by molar-refractivity contribution is 9.10. The Morgan fingerprint density at radius 3 is 2.48 bits per heavy atom. The summed E-state index contributed by atoms with van der Waals surface area (Å²) in [7, 11) is -0.432. The van der Waals surface area contributed by atoms with Crippen LogP contribution in [0.25, 0.3) is 0 Å². The van der Waals surface area contributed by atoms with Crippen molar-refractivity contribution in [3.8, 4) is 5.75 Å². The normalized spacial score (nSPS) is 11.0. The third-order valence-electron chi connectivity index (χ3n) is 2.47. The molecule has 1 rings (SSSR count). The van der Waals surface area contributed by atoms with Gasteiger partial charge in [0.05, 0.1) is 18.6 Å². The maximum Gasteiger partial charge on any atom is 0.240 e. The highest BCUT2D eigenvalue weighted by atomic mass is 79.9. The number of hydrogen-bond donors (Lipinski definition) is 2. The number of sulfonamides is 1. The van der Waals surface area contributed by atoms with E-state index in [0.29, 0.717) is 36.5 Å². The van der Waals surface area contributed by atoms with Crippen LogP contribution in [0.1, 0.15) is 0 Å². The van der Waals surface area contributed by atoms with Crippen molar-refractivity contribution >= 4 is 38.4 Å². The van der Waals surface area contributed by atoms with Crippen molar-refractivity contribution in [3.63, 3.8) is 0 Å². The molecule has 0 aromatic heterocycles. The van der Waals surface area contributed by atoms with Gasteiger partial charge in [0.2, 0.25) is 10.0 Å². The van der Waals surface area contributed by atoms with E-state index in [1.807, 2.05) is 0 Å². The fraction of sp³-hybridized carbons (Fsp3) is 0.500. The summed E-state index contributed by atoms with van der Waals surface area (Å²) in [5.41, 5.74) is 0. The Kier molecular flexibility index (Phi) is 10.2. The number of methoxy groups -OCH3 is 2. The number of ether oxygens (including phenoxy) is 2. The SMILES string of the molecule is COCCNCCNS(=O)(=O)c1cc(Br)cc(OC)c1.Cl. The van der Waals surface area contributed by atoms with Crippen LogP contribution in [-0.4, -0.2) is 48.9 Å². The molecule has 0 saturated carbocycles. The van der Waals surface area contributed by atoms with Crippen molar-refractivity contribution in [1.82, 2.24) is 10.0 Å². The van der Waals surface area contributed by atoms with Gasteiger partial charge in [0, 0.05) is 37.3 Å². The summed E-state index contributed by atoms with van der Waals surface area (Å²) < 4.78 is 37.3. The van der Waals surface area contributed by atoms with E-state index in [0.717, 1.165) is 0 Å². The summed E-state index contributed by atoms with van der Waals surface area (Å²) in [5, 5.41) is 3.06. The van der Waals surface area contributed by atoms with Crippen LogP contribution >= 0.6 is 28.3 Å². The molecule has 0 amide bonds. The lowest BCUT2D eigenvalue weighted by atomic mass is 10.3. The second-order valence-electron chi connectivity index (χ2n) is 3.97. The molecule has 0 heterocycles. The smallest absolute Gasteiger partial charge is 0.240 e. The third kappa shape index (κ3) is 7.44. The number of halogens is 2. The van der Waals surface area contributed by atoms with E-state index in [-0.39, 0.29) is 17.3 Å². The molecule has 0 unspecified atom stereocenters. The Morgan fingerprint density at radius 2 is 1.86 bits per heavy atom. The zero-order valence-electron chi connectivity index (χ0n) is 11.9. The molecular formula is C12H20BrClN2O4S. The molecule has 0 aliphatic carbocycles. The van der Waals surface area contributed by atoms with E-state index < -0.39 is 10.0 Å². The third-order valence-corrected chi connectivity index (χ3v) is 4.37. The molecule has 0 radical (unpaired) electrons. The molecule has 0 saturated heterocycles. The molecular weight excluding hydrogens is 384 g/mol. The van der Waals surface area contributed by atoms with Crippen molar-refractivity contribution in [3.05, 3.63) is 22.7 Å². The zero-order valence-corrected chi connectivity index (χ0v) is 15.1. The van der Waals surface area contributed by atoms with Gasteiger partial charge in [-0.25, -0.2) is 13.1 Å². The molecule has 0 spiro atoms. The number of benzene rings is 1. The first kappa shape index (κ1) is 20.6. The Hall–Kier alpha value is -0.380. The lowest BCUT2D eigenvalue weighted by Gasteiger charge is -2.09. The van der Waals surface area contributed by atoms with Gasteiger partial charge in [-0.15, -0.1) is 12.4 Å². The van der Waals surface area contributed by atoms with Crippen molar-refractivity contribution in [2.24, 2.45) is 0 Å². The molecule has 0 atom stereocenters. The van der Waals surface area contributed by atoms with Gasteiger partial charge in [0.15, 0.2) is 0 Å². The largest absolute Gasteiger partial charge is 0.497 e. The van der Waals surface area contributed by atoms with Crippen LogP contribution in [0.3, 0.4) is 0 Å². The minimum absolute atomic E-state index is 0. The first-order valence-electron chi connectivity index (χ1n) is 6.03. The molecule has 1 aromatic rings. The highest BCUT2D eigenvalue weighted by Crippen LogP contribution is 2.23. The summed E-state index contributed by atoms with van der Waals surface area (Å²) >= 11 is 3.26. The second kappa shape index (κ2) is 10.4. The van der Waals surface area contributed by atoms with E-state index in [1.54, 1.807) is 13.2 Å². The average Bonchev–Trinajstić information content (AvgIpc) is 2.42. The van der Waals surface area contributed by atoms with Gasteiger partial charge in [0.1, 0.15) is 5.75 Å². The molecule has 1 aromatic carbocycles. The summed E-state index contributed by atoms with van der Waals surface area (Å²) in [5.74, 6) is 0.484. The summed E-state index contributed by atoms with van der Waals surface area (Å²) in [6.45, 7) is 2.12. The quantitative estimate of drug-likeness (QED) is 0.609. The summed E-state index contributed by atoms with van der Waals surface area (Å²) in [6.07, 6.45) is 0. The highest BCUT2D eigenvalue weighted by Gasteiger charge is 2.15. The Labute approximate surface area is 140 Å². The van der Waals surface area contributed by atoms with Crippen LogP contribution in [0.2, 0.25) is 0 Å². The fourth-order valence-corrected chi connectivity index (χ4v) is 3.18. The maximum atomic E-state index is 12.1. The molecule has 0 aliphatic heterocycles. The van der Waals surface area contributed by atoms with Crippen molar-refractivity contribution < 1.29 is 17.9 Å². The van der Waals surface area contributed by atoms with Gasteiger partial charge in [-0.2, -0.15) is 0 Å². The Morgan fingerprint density at radius 1 is 1.14 bits per heavy atom. The number of rotatable bonds is 9. The van der Waals surface area contributed by atoms with Gasteiger partial charge in [0.25, 0.3) is 0 Å². The van der Waals surface area contributed by atoms with E-state index >= 15 is 0 Å². The average molecular weight is 404 g/mol. The molecule has 2 N–H and O–H groups in total. The topological polar surface area (TPSA) is 76.7 Å². The summed E-state index contributed by atoms with van der Waals surface area (Å²) in [4.78, 5) is 0.167. The van der Waals surface area contributed by atoms with Crippen LogP contribution in [0, 0.1) is 0 Å². The van der Waals surface area contributed by atoms with E-state index in [9.17, 15) is 8.42 Å². The maximum absolute atomic E-state index is 12.1. The van der Waals surface area contributed by atoms with E-state index in [2.05, 4.69) is 26.0 Å². The Balaban J connectivity index is 0.00000400. The van der Waals surface area contributed by atoms with Gasteiger partial charge in [-0.3, -0.25) is 0 Å². The molecule has 21 heavy (non-hydrogen) atoms. The lowest BCUT2D eigenvalue weighted by Crippen LogP contribution is -2.33. The van der Waals surface area contributed by atoms with Gasteiger partial charge < -0.3 is 14.8 Å². The van der Waals surface area contributed by atoms with Gasteiger partial charge in [-0.05, 0) is 12.1 Å². The minimum atomic E-state index is -3.54. The minimum Gasteiger partial charge on any atom is -0.497 e. The molecule has 9 heteroatoms. The molecule has 122 valence electrons. The summed E-state index contributed by atoms with van der Waals surface area (Å²) in [6, 6.07) is 4.71. The lowest BCUT2D eigenvalue weighted by molar-refractivity contribution is 0.199. The van der Waals surface area contributed by atoms with Crippen molar-refractivity contribution in [2.45, 2.75) is 4.90 Å². The molecule has 0 fully saturated rings. The monoisotopic (exact) mass is 402 g/mol. The predicted octanol–water partition coefficient (Wildman–Crippen LogP) is 1.39. The standard InChI is InChI=1S/C12H19BrN2O4S.ClH/c1-18-6-5-14-3-4-15-20(16,17)12-8-10(13)7-11(9-12)19-2;/h7-9,14-15H,3-6H2,1-2H3;1H. The fourth-order valence-electron chi connectivity index (χ4n) is 1.47. The molecule has 0 bridgehead atoms. The number of hydrogen-bond acceptors (Lipinski definition) is 5. The van der Waals surface area contributed by atoms with Crippen LogP contribution in [0.15, 0.2) is 27.6 Å². The molecule has 6 nitrogen and oxygen atoms in total. The van der Waals surface area contributed by atoms with Crippen LogP contribution in [0.5, 0.6) is 5.75 Å². The predicted molar refractivity (Wildman–Crippen MR) is 87.9 cm³/mol. The van der Waals surface area contributed by atoms with E-state index in [1.165, 1.54) is 19.2 Å².